The van der Waals surface area contributed by atoms with Gasteiger partial charge >= 0.3 is 0 Å². The predicted octanol–water partition coefficient (Wildman–Crippen LogP) is 8.91. The largest absolute Gasteiger partial charge is 0.397 e. The molecule has 2 aliphatic heterocycles. The number of aromatic nitrogens is 6. The first-order valence-electron chi connectivity index (χ1n) is 20.4. The van der Waals surface area contributed by atoms with Crippen molar-refractivity contribution in [3.8, 4) is 0 Å². The second-order valence-electron chi connectivity index (χ2n) is 16.4. The van der Waals surface area contributed by atoms with Crippen LogP contribution in [0.25, 0.3) is 0 Å². The molecule has 56 heavy (non-hydrogen) atoms. The van der Waals surface area contributed by atoms with E-state index in [1.807, 2.05) is 13.0 Å². The van der Waals surface area contributed by atoms with Crippen LogP contribution in [-0.2, 0) is 12.8 Å². The fourth-order valence-electron chi connectivity index (χ4n) is 9.25. The summed E-state index contributed by atoms with van der Waals surface area (Å²) in [4.78, 5) is 41.2. The fraction of sp³-hybridized carbons (Fsp3) is 0.571. The highest BCUT2D eigenvalue weighted by Crippen LogP contribution is 2.51. The molecule has 0 spiro atoms. The number of anilines is 3. The zero-order valence-corrected chi connectivity index (χ0v) is 34.1. The Morgan fingerprint density at radius 1 is 0.679 bits per heavy atom. The number of piperidine rings is 2. The normalized spacial score (nSPS) is 22.4. The van der Waals surface area contributed by atoms with Crippen molar-refractivity contribution in [3.05, 3.63) is 92.0 Å². The number of hydrogen-bond donors (Lipinski definition) is 1. The van der Waals surface area contributed by atoms with E-state index in [0.29, 0.717) is 10.0 Å². The Hall–Kier alpha value is -4.16. The zero-order valence-electron chi connectivity index (χ0n) is 32.6. The van der Waals surface area contributed by atoms with Gasteiger partial charge in [-0.05, 0) is 144 Å². The van der Waals surface area contributed by atoms with Gasteiger partial charge in [0.15, 0.2) is 0 Å². The van der Waals surface area contributed by atoms with Gasteiger partial charge in [0.1, 0.15) is 6.20 Å². The average Bonchev–Trinajstić information content (AvgIpc) is 4.14. The molecule has 12 nitrogen and oxygen atoms in total. The molecule has 4 aliphatic rings. The van der Waals surface area contributed by atoms with E-state index in [1.165, 1.54) is 75.2 Å². The first kappa shape index (κ1) is 40.1. The van der Waals surface area contributed by atoms with Crippen molar-refractivity contribution in [2.75, 3.05) is 41.7 Å². The van der Waals surface area contributed by atoms with E-state index >= 15 is 0 Å². The average molecular weight is 802 g/mol. The maximum Gasteiger partial charge on any atom is 0.287 e. The molecule has 14 heteroatoms. The van der Waals surface area contributed by atoms with Crippen LogP contribution in [0.1, 0.15) is 86.7 Å². The van der Waals surface area contributed by atoms with Gasteiger partial charge in [-0.2, -0.15) is 0 Å². The molecule has 2 N–H and O–H groups in total. The lowest BCUT2D eigenvalue weighted by molar-refractivity contribution is -0.385. The van der Waals surface area contributed by atoms with Crippen molar-refractivity contribution in [3.63, 3.8) is 0 Å². The molecule has 6 heterocycles. The Balaban J connectivity index is 0.000000172. The topological polar surface area (TPSA) is 153 Å². The van der Waals surface area contributed by atoms with E-state index in [4.69, 9.17) is 28.9 Å². The Bertz CT molecular complexity index is 1920. The van der Waals surface area contributed by atoms with Gasteiger partial charge in [0.05, 0.1) is 51.6 Å². The molecule has 2 saturated carbocycles. The maximum absolute atomic E-state index is 10.8. The number of rotatable bonds is 13. The molecule has 4 fully saturated rings. The molecular weight excluding hydrogens is 747 g/mol. The Labute approximate surface area is 340 Å². The predicted molar refractivity (Wildman–Crippen MR) is 222 cm³/mol. The third-order valence-electron chi connectivity index (χ3n) is 12.6. The first-order valence-corrected chi connectivity index (χ1v) is 21.1. The molecule has 8 rings (SSSR count). The van der Waals surface area contributed by atoms with Crippen molar-refractivity contribution in [1.29, 1.82) is 0 Å². The summed E-state index contributed by atoms with van der Waals surface area (Å²) in [5.41, 5.74) is 11.0. The van der Waals surface area contributed by atoms with Gasteiger partial charge in [-0.3, -0.25) is 20.1 Å². The molecule has 2 saturated heterocycles. The number of nitro groups is 1. The van der Waals surface area contributed by atoms with Crippen LogP contribution in [0, 0.1) is 59.5 Å². The van der Waals surface area contributed by atoms with E-state index in [1.54, 1.807) is 37.1 Å². The minimum Gasteiger partial charge on any atom is -0.397 e. The van der Waals surface area contributed by atoms with E-state index < -0.39 is 0 Å². The minimum atomic E-state index is -0.386. The molecule has 4 aromatic heterocycles. The number of aryl methyl sites for hydroxylation is 4. The number of pyridine rings is 2. The van der Waals surface area contributed by atoms with Gasteiger partial charge in [0, 0.05) is 43.6 Å². The highest BCUT2D eigenvalue weighted by atomic mass is 35.5. The van der Waals surface area contributed by atoms with Crippen LogP contribution in [0.15, 0.2) is 49.3 Å². The summed E-state index contributed by atoms with van der Waals surface area (Å²) in [6, 6.07) is 3.65. The quantitative estimate of drug-likeness (QED) is 0.102. The summed E-state index contributed by atoms with van der Waals surface area (Å²) in [7, 11) is 0. The summed E-state index contributed by atoms with van der Waals surface area (Å²) in [5.74, 6) is 6.81. The number of nitrogens with zero attached hydrogens (tertiary/aromatic N) is 9. The Morgan fingerprint density at radius 2 is 1.11 bits per heavy atom. The third kappa shape index (κ3) is 10.6. The highest BCUT2D eigenvalue weighted by molar-refractivity contribution is 6.30. The minimum absolute atomic E-state index is 0.0730. The lowest BCUT2D eigenvalue weighted by Gasteiger charge is -2.32. The SMILES string of the molecule is Cc1cc(N)cnc1CCC[C@@H]1C[C@@H]1C1CCN(c2ncc(Cl)cn2)CC1.Cc1cc([N+](=O)[O-])cnc1CCC[C@@H]1C[C@@H]1C1CCN(c2ncc(Cl)cn2)CC1. The molecular formula is C42H54Cl2N10O2. The summed E-state index contributed by atoms with van der Waals surface area (Å²) in [5, 5.41) is 12.0. The Morgan fingerprint density at radius 3 is 1.52 bits per heavy atom. The second kappa shape index (κ2) is 18.4. The standard InChI is InChI=1S/C21H26ClN5O2.C21H28ClN5/c1-14-9-18(27(28)29)13-23-20(14)4-2-3-16-10-19(16)15-5-7-26(8-6-15)21-24-11-17(22)12-25-21;1-14-9-18(23)13-24-20(14)4-2-3-16-10-19(16)15-5-7-27(8-6-15)21-25-11-17(22)12-26-21/h9,11-13,15-16,19H,2-8,10H2,1H3;9,11-13,15-16,19H,2-8,10,23H2,1H3/t2*16-,19-/m11/s1. The summed E-state index contributed by atoms with van der Waals surface area (Å²) >= 11 is 11.8. The van der Waals surface area contributed by atoms with E-state index in [0.717, 1.165) is 110 Å². The Kier molecular flexibility index (Phi) is 13.2. The number of hydrogen-bond acceptors (Lipinski definition) is 11. The molecule has 4 atom stereocenters. The lowest BCUT2D eigenvalue weighted by atomic mass is 9.90. The number of nitrogens with two attached hydrogens (primary N) is 1. The van der Waals surface area contributed by atoms with Gasteiger partial charge in [0.25, 0.3) is 5.69 Å². The van der Waals surface area contributed by atoms with E-state index in [9.17, 15) is 10.1 Å². The smallest absolute Gasteiger partial charge is 0.287 e. The van der Waals surface area contributed by atoms with Gasteiger partial charge in [0.2, 0.25) is 11.9 Å². The molecule has 0 amide bonds. The lowest BCUT2D eigenvalue weighted by Crippen LogP contribution is -2.35. The van der Waals surface area contributed by atoms with Crippen molar-refractivity contribution in [1.82, 2.24) is 29.9 Å². The van der Waals surface area contributed by atoms with Gasteiger partial charge in [-0.15, -0.1) is 0 Å². The molecule has 4 aromatic rings. The maximum atomic E-state index is 10.8. The van der Waals surface area contributed by atoms with Crippen LogP contribution in [0.5, 0.6) is 0 Å². The first-order chi connectivity index (χ1) is 27.1. The fourth-order valence-corrected chi connectivity index (χ4v) is 9.45. The van der Waals surface area contributed by atoms with Crippen LogP contribution in [-0.4, -0.2) is 61.0 Å². The molecule has 0 bridgehead atoms. The van der Waals surface area contributed by atoms with Crippen LogP contribution in [0.3, 0.4) is 0 Å². The van der Waals surface area contributed by atoms with Crippen molar-refractivity contribution >= 4 is 46.5 Å². The molecule has 0 unspecified atom stereocenters. The molecule has 298 valence electrons. The number of nitrogen functional groups attached to an aromatic ring is 1. The monoisotopic (exact) mass is 800 g/mol. The second-order valence-corrected chi connectivity index (χ2v) is 17.3. The van der Waals surface area contributed by atoms with Crippen LogP contribution < -0.4 is 15.5 Å². The van der Waals surface area contributed by atoms with Crippen molar-refractivity contribution in [2.45, 2.75) is 90.9 Å². The third-order valence-corrected chi connectivity index (χ3v) is 13.0. The van der Waals surface area contributed by atoms with E-state index in [-0.39, 0.29) is 10.6 Å². The van der Waals surface area contributed by atoms with Gasteiger partial charge < -0.3 is 15.5 Å². The summed E-state index contributed by atoms with van der Waals surface area (Å²) in [6.07, 6.45) is 24.4. The molecule has 0 aromatic carbocycles. The van der Waals surface area contributed by atoms with Crippen LogP contribution >= 0.6 is 23.2 Å². The van der Waals surface area contributed by atoms with Crippen molar-refractivity contribution < 1.29 is 4.92 Å². The summed E-state index contributed by atoms with van der Waals surface area (Å²) in [6.45, 7) is 8.17. The molecule has 0 radical (unpaired) electrons. The van der Waals surface area contributed by atoms with Crippen LogP contribution in [0.2, 0.25) is 10.0 Å². The van der Waals surface area contributed by atoms with Gasteiger partial charge in [-0.25, -0.2) is 19.9 Å². The van der Waals surface area contributed by atoms with Crippen LogP contribution in [0.4, 0.5) is 23.3 Å². The van der Waals surface area contributed by atoms with Gasteiger partial charge in [-0.1, -0.05) is 23.2 Å². The zero-order chi connectivity index (χ0) is 39.2. The molecule has 2 aliphatic carbocycles. The summed E-state index contributed by atoms with van der Waals surface area (Å²) < 4.78 is 0. The highest BCUT2D eigenvalue weighted by Gasteiger charge is 2.44. The van der Waals surface area contributed by atoms with Crippen molar-refractivity contribution in [2.24, 2.45) is 35.5 Å². The number of halogens is 2. The van der Waals surface area contributed by atoms with E-state index in [2.05, 4.69) is 46.6 Å².